The van der Waals surface area contributed by atoms with Gasteiger partial charge in [0, 0.05) is 23.1 Å². The van der Waals surface area contributed by atoms with E-state index in [1.165, 1.54) is 38.5 Å². The Morgan fingerprint density at radius 3 is 2.24 bits per heavy atom. The quantitative estimate of drug-likeness (QED) is 0.423. The lowest BCUT2D eigenvalue weighted by Gasteiger charge is -2.22. The Balaban J connectivity index is 1.79. The first-order valence-electron chi connectivity index (χ1n) is 10.2. The molecule has 180 valence electrons. The number of ether oxygens (including phenoxy) is 2. The average Bonchev–Trinajstić information content (AvgIpc) is 2.82. The summed E-state index contributed by atoms with van der Waals surface area (Å²) in [4.78, 5) is 12.8. The summed E-state index contributed by atoms with van der Waals surface area (Å²) in [7, 11) is -0.932. The molecule has 0 unspecified atom stereocenters. The fraction of sp³-hybridized carbons (Fsp3) is 0.208. The van der Waals surface area contributed by atoms with Gasteiger partial charge in [-0.1, -0.05) is 41.4 Å². The largest absolute Gasteiger partial charge is 0.493 e. The normalized spacial score (nSPS) is 11.3. The minimum absolute atomic E-state index is 0.0324. The third kappa shape index (κ3) is 6.64. The first-order chi connectivity index (χ1) is 16.2. The number of nitrogens with one attached hydrogen (secondary N) is 1. The highest BCUT2D eigenvalue weighted by Crippen LogP contribution is 2.27. The summed E-state index contributed by atoms with van der Waals surface area (Å²) in [5, 5.41) is 3.64. The van der Waals surface area contributed by atoms with Crippen LogP contribution in [0.3, 0.4) is 0 Å². The van der Waals surface area contributed by atoms with Crippen molar-refractivity contribution >= 4 is 39.1 Å². The highest BCUT2D eigenvalue weighted by atomic mass is 35.5. The number of carbonyl (C=O) groups excluding carboxylic acids is 1. The van der Waals surface area contributed by atoms with Gasteiger partial charge < -0.3 is 14.8 Å². The third-order valence-electron chi connectivity index (χ3n) is 4.96. The maximum atomic E-state index is 13.3. The van der Waals surface area contributed by atoms with Gasteiger partial charge in [-0.3, -0.25) is 4.79 Å². The molecule has 0 spiro atoms. The Morgan fingerprint density at radius 1 is 0.882 bits per heavy atom. The number of halogens is 2. The van der Waals surface area contributed by atoms with Crippen molar-refractivity contribution < 1.29 is 22.7 Å². The van der Waals surface area contributed by atoms with E-state index in [0.29, 0.717) is 27.1 Å². The number of carbonyl (C=O) groups is 1. The molecule has 0 saturated heterocycles. The molecule has 0 aromatic heterocycles. The summed E-state index contributed by atoms with van der Waals surface area (Å²) in [6.07, 6.45) is 0. The standard InChI is InChI=1S/C24H24Cl2N2O5S/c1-32-22-11-6-17(13-23(22)33-2)14-27-24(29)16-28(15-18-4-3-5-20(26)12-18)34(30,31)21-9-7-19(25)8-10-21/h3-13H,14-16H2,1-2H3,(H,27,29). The van der Waals surface area contributed by atoms with Crippen molar-refractivity contribution in [1.29, 1.82) is 0 Å². The smallest absolute Gasteiger partial charge is 0.243 e. The van der Waals surface area contributed by atoms with E-state index in [1.807, 2.05) is 0 Å². The highest BCUT2D eigenvalue weighted by Gasteiger charge is 2.27. The first kappa shape index (κ1) is 25.8. The minimum atomic E-state index is -3.99. The van der Waals surface area contributed by atoms with E-state index in [4.69, 9.17) is 32.7 Å². The summed E-state index contributed by atoms with van der Waals surface area (Å²) in [5.41, 5.74) is 1.42. The van der Waals surface area contributed by atoms with Crippen LogP contribution in [0.2, 0.25) is 10.0 Å². The second-order valence-electron chi connectivity index (χ2n) is 7.32. The third-order valence-corrected chi connectivity index (χ3v) is 7.25. The Morgan fingerprint density at radius 2 is 1.59 bits per heavy atom. The molecule has 34 heavy (non-hydrogen) atoms. The molecule has 0 aliphatic heterocycles. The van der Waals surface area contributed by atoms with Crippen LogP contribution in [0.4, 0.5) is 0 Å². The van der Waals surface area contributed by atoms with Crippen molar-refractivity contribution in [1.82, 2.24) is 9.62 Å². The van der Waals surface area contributed by atoms with Crippen molar-refractivity contribution in [2.45, 2.75) is 18.0 Å². The van der Waals surface area contributed by atoms with Crippen LogP contribution in [0.25, 0.3) is 0 Å². The summed E-state index contributed by atoms with van der Waals surface area (Å²) in [6, 6.07) is 17.9. The molecular weight excluding hydrogens is 499 g/mol. The monoisotopic (exact) mass is 522 g/mol. The lowest BCUT2D eigenvalue weighted by atomic mass is 10.2. The number of amides is 1. The zero-order chi connectivity index (χ0) is 24.7. The molecule has 1 N–H and O–H groups in total. The van der Waals surface area contributed by atoms with Crippen LogP contribution >= 0.6 is 23.2 Å². The molecule has 0 saturated carbocycles. The van der Waals surface area contributed by atoms with E-state index in [1.54, 1.807) is 42.5 Å². The van der Waals surface area contributed by atoms with Crippen LogP contribution < -0.4 is 14.8 Å². The average molecular weight is 523 g/mol. The van der Waals surface area contributed by atoms with E-state index >= 15 is 0 Å². The van der Waals surface area contributed by atoms with Crippen molar-refractivity contribution in [3.63, 3.8) is 0 Å². The second kappa shape index (κ2) is 11.6. The summed E-state index contributed by atoms with van der Waals surface area (Å²) >= 11 is 12.0. The number of nitrogens with zero attached hydrogens (tertiary/aromatic N) is 1. The van der Waals surface area contributed by atoms with Gasteiger partial charge >= 0.3 is 0 Å². The summed E-state index contributed by atoms with van der Waals surface area (Å²) < 4.78 is 38.3. The number of rotatable bonds is 10. The fourth-order valence-corrected chi connectivity index (χ4v) is 4.95. The van der Waals surface area contributed by atoms with Crippen LogP contribution in [-0.4, -0.2) is 39.4 Å². The van der Waals surface area contributed by atoms with Gasteiger partial charge in [0.1, 0.15) is 0 Å². The van der Waals surface area contributed by atoms with Gasteiger partial charge in [0.15, 0.2) is 11.5 Å². The molecule has 3 aromatic carbocycles. The topological polar surface area (TPSA) is 84.9 Å². The summed E-state index contributed by atoms with van der Waals surface area (Å²) in [5.74, 6) is 0.635. The number of benzene rings is 3. The van der Waals surface area contributed by atoms with Crippen LogP contribution in [0.1, 0.15) is 11.1 Å². The first-order valence-corrected chi connectivity index (χ1v) is 12.4. The predicted octanol–water partition coefficient (Wildman–Crippen LogP) is 4.52. The van der Waals surface area contributed by atoms with Gasteiger partial charge in [-0.15, -0.1) is 0 Å². The lowest BCUT2D eigenvalue weighted by molar-refractivity contribution is -0.121. The van der Waals surface area contributed by atoms with Gasteiger partial charge in [-0.25, -0.2) is 8.42 Å². The Labute approximate surface area is 209 Å². The molecule has 1 amide bonds. The number of sulfonamides is 1. The predicted molar refractivity (Wildman–Crippen MR) is 132 cm³/mol. The molecule has 0 bridgehead atoms. The molecule has 3 rings (SSSR count). The number of methoxy groups -OCH3 is 2. The molecule has 0 aliphatic rings. The molecule has 0 aliphatic carbocycles. The van der Waals surface area contributed by atoms with E-state index in [0.717, 1.165) is 9.87 Å². The summed E-state index contributed by atoms with van der Waals surface area (Å²) in [6.45, 7) is -0.231. The van der Waals surface area contributed by atoms with Crippen molar-refractivity contribution in [2.75, 3.05) is 20.8 Å². The van der Waals surface area contributed by atoms with Crippen LogP contribution in [0.5, 0.6) is 11.5 Å². The Bertz CT molecular complexity index is 1250. The van der Waals surface area contributed by atoms with Gasteiger partial charge in [0.2, 0.25) is 15.9 Å². The van der Waals surface area contributed by atoms with Crippen molar-refractivity contribution in [3.8, 4) is 11.5 Å². The Hall–Kier alpha value is -2.78. The van der Waals surface area contributed by atoms with Crippen molar-refractivity contribution in [3.05, 3.63) is 87.9 Å². The Kier molecular flexibility index (Phi) is 8.79. The molecule has 0 atom stereocenters. The van der Waals surface area contributed by atoms with E-state index in [-0.39, 0.29) is 24.5 Å². The van der Waals surface area contributed by atoms with Crippen molar-refractivity contribution in [2.24, 2.45) is 0 Å². The SMILES string of the molecule is COc1ccc(CNC(=O)CN(Cc2cccc(Cl)c2)S(=O)(=O)c2ccc(Cl)cc2)cc1OC. The van der Waals surface area contributed by atoms with Crippen LogP contribution in [-0.2, 0) is 27.9 Å². The zero-order valence-corrected chi connectivity index (χ0v) is 21.0. The van der Waals surface area contributed by atoms with E-state index in [2.05, 4.69) is 5.32 Å². The number of hydrogen-bond donors (Lipinski definition) is 1. The maximum Gasteiger partial charge on any atom is 0.243 e. The second-order valence-corrected chi connectivity index (χ2v) is 10.1. The lowest BCUT2D eigenvalue weighted by Crippen LogP contribution is -2.40. The molecule has 7 nitrogen and oxygen atoms in total. The molecule has 0 fully saturated rings. The van der Waals surface area contributed by atoms with Gasteiger partial charge in [-0.2, -0.15) is 4.31 Å². The fourth-order valence-electron chi connectivity index (χ4n) is 3.23. The van der Waals surface area contributed by atoms with Crippen LogP contribution in [0.15, 0.2) is 71.6 Å². The molecular formula is C24H24Cl2N2O5S. The zero-order valence-electron chi connectivity index (χ0n) is 18.6. The molecule has 0 heterocycles. The van der Waals surface area contributed by atoms with Gasteiger partial charge in [-0.05, 0) is 59.7 Å². The molecule has 10 heteroatoms. The van der Waals surface area contributed by atoms with Gasteiger partial charge in [0.25, 0.3) is 0 Å². The van der Waals surface area contributed by atoms with Crippen LogP contribution in [0, 0.1) is 0 Å². The van der Waals surface area contributed by atoms with Gasteiger partial charge in [0.05, 0.1) is 25.7 Å². The molecule has 3 aromatic rings. The highest BCUT2D eigenvalue weighted by molar-refractivity contribution is 7.89. The molecule has 0 radical (unpaired) electrons. The van der Waals surface area contributed by atoms with E-state index < -0.39 is 15.9 Å². The minimum Gasteiger partial charge on any atom is -0.493 e. The number of hydrogen-bond acceptors (Lipinski definition) is 5. The van der Waals surface area contributed by atoms with E-state index in [9.17, 15) is 13.2 Å². The maximum absolute atomic E-state index is 13.3.